The van der Waals surface area contributed by atoms with E-state index in [4.69, 9.17) is 53.9 Å². The SMILES string of the molecule is COc1cc(Cl)cc(C(=O)Nc2ccc(Cl)cn2)c1NC(=O)c1scc(CN(C)c2ncco2)c1Cl.O=C(O)C(F)(F)F. The second-order valence-corrected chi connectivity index (χ2v) is 10.3. The number of aromatic nitrogens is 2. The molecule has 0 unspecified atom stereocenters. The van der Waals surface area contributed by atoms with E-state index < -0.39 is 24.0 Å². The summed E-state index contributed by atoms with van der Waals surface area (Å²) in [6.07, 6.45) is -0.680. The molecule has 0 radical (unpaired) electrons. The minimum atomic E-state index is -5.08. The number of ether oxygens (including phenoxy) is 1. The molecule has 3 heterocycles. The molecule has 0 atom stereocenters. The Bertz CT molecular complexity index is 1600. The van der Waals surface area contributed by atoms with E-state index in [1.165, 1.54) is 49.2 Å². The smallest absolute Gasteiger partial charge is 0.490 e. The number of oxazole rings is 1. The number of anilines is 3. The number of thiophene rings is 1. The average Bonchev–Trinajstić information content (AvgIpc) is 3.61. The van der Waals surface area contributed by atoms with Gasteiger partial charge >= 0.3 is 12.1 Å². The van der Waals surface area contributed by atoms with Crippen LogP contribution in [0, 0.1) is 0 Å². The minimum absolute atomic E-state index is 0.0704. The molecule has 43 heavy (non-hydrogen) atoms. The molecule has 4 aromatic rings. The molecular weight excluding hydrogens is 662 g/mol. The molecule has 0 saturated heterocycles. The third-order valence-electron chi connectivity index (χ3n) is 5.14. The number of alkyl halides is 3. The van der Waals surface area contributed by atoms with Crippen molar-refractivity contribution in [3.8, 4) is 5.75 Å². The number of benzene rings is 1. The van der Waals surface area contributed by atoms with Crippen LogP contribution in [-0.4, -0.2) is 53.2 Å². The van der Waals surface area contributed by atoms with Crippen molar-refractivity contribution in [1.82, 2.24) is 9.97 Å². The van der Waals surface area contributed by atoms with E-state index in [2.05, 4.69) is 20.6 Å². The van der Waals surface area contributed by atoms with Crippen molar-refractivity contribution in [2.24, 2.45) is 0 Å². The van der Waals surface area contributed by atoms with Gasteiger partial charge in [0.05, 0.1) is 34.6 Å². The number of rotatable bonds is 8. The van der Waals surface area contributed by atoms with Crippen LogP contribution < -0.4 is 20.3 Å². The maximum absolute atomic E-state index is 13.2. The standard InChI is InChI=1S/C23H18Cl3N5O4S.C2HF3O2/c1-31(23-27-5-6-35-23)10-12-11-36-20(18(12)26)22(33)30-19-15(7-14(25)8-16(19)34-2)21(32)29-17-4-3-13(24)9-28-17;3-2(4,5)1(6)7/h3-9,11H,10H2,1-2H3,(H,30,33)(H,28,29,32);(H,6,7). The van der Waals surface area contributed by atoms with Crippen molar-refractivity contribution in [1.29, 1.82) is 0 Å². The van der Waals surface area contributed by atoms with Gasteiger partial charge in [-0.2, -0.15) is 13.2 Å². The van der Waals surface area contributed by atoms with Crippen LogP contribution in [0.4, 0.5) is 30.7 Å². The second kappa shape index (κ2) is 14.4. The van der Waals surface area contributed by atoms with Crippen molar-refractivity contribution in [2.75, 3.05) is 29.7 Å². The average molecular weight is 681 g/mol. The van der Waals surface area contributed by atoms with Crippen LogP contribution in [0.5, 0.6) is 5.75 Å². The molecule has 0 spiro atoms. The first-order valence-electron chi connectivity index (χ1n) is 11.5. The Hall–Kier alpha value is -4.05. The Morgan fingerprint density at radius 3 is 2.35 bits per heavy atom. The number of carbonyl (C=O) groups is 3. The molecule has 2 amide bonds. The van der Waals surface area contributed by atoms with Crippen LogP contribution >= 0.6 is 46.1 Å². The Kier molecular flexibility index (Phi) is 11.2. The third kappa shape index (κ3) is 8.97. The van der Waals surface area contributed by atoms with Crippen molar-refractivity contribution < 1.29 is 41.8 Å². The Labute approximate surface area is 260 Å². The molecule has 3 aromatic heterocycles. The maximum atomic E-state index is 13.2. The molecule has 0 fully saturated rings. The molecule has 0 aliphatic heterocycles. The number of nitrogens with one attached hydrogen (secondary N) is 2. The van der Waals surface area contributed by atoms with Crippen molar-refractivity contribution >= 4 is 81.4 Å². The molecule has 1 aromatic carbocycles. The Morgan fingerprint density at radius 2 is 1.79 bits per heavy atom. The number of aliphatic carboxylic acids is 1. The molecule has 228 valence electrons. The van der Waals surface area contributed by atoms with Crippen LogP contribution in [0.25, 0.3) is 0 Å². The number of nitrogens with zero attached hydrogens (tertiary/aromatic N) is 3. The van der Waals surface area contributed by atoms with E-state index in [1.54, 1.807) is 29.5 Å². The number of methoxy groups -OCH3 is 1. The van der Waals surface area contributed by atoms with Gasteiger partial charge < -0.3 is 29.8 Å². The summed E-state index contributed by atoms with van der Waals surface area (Å²) in [5.41, 5.74) is 0.907. The summed E-state index contributed by atoms with van der Waals surface area (Å²) < 4.78 is 42.4. The van der Waals surface area contributed by atoms with Gasteiger partial charge in [0, 0.05) is 36.4 Å². The van der Waals surface area contributed by atoms with Crippen molar-refractivity contribution in [3.63, 3.8) is 0 Å². The molecule has 0 aliphatic carbocycles. The lowest BCUT2D eigenvalue weighted by molar-refractivity contribution is -0.192. The summed E-state index contributed by atoms with van der Waals surface area (Å²) in [6.45, 7) is 0.370. The summed E-state index contributed by atoms with van der Waals surface area (Å²) in [5.74, 6) is -3.38. The molecule has 3 N–H and O–H groups in total. The highest BCUT2D eigenvalue weighted by molar-refractivity contribution is 7.13. The zero-order valence-electron chi connectivity index (χ0n) is 21.8. The first-order chi connectivity index (χ1) is 20.2. The van der Waals surface area contributed by atoms with Gasteiger partial charge in [0.15, 0.2) is 0 Å². The lowest BCUT2D eigenvalue weighted by atomic mass is 10.1. The Morgan fingerprint density at radius 1 is 1.09 bits per heavy atom. The van der Waals surface area contributed by atoms with Crippen molar-refractivity contribution in [3.05, 3.63) is 79.4 Å². The zero-order valence-corrected chi connectivity index (χ0v) is 24.9. The number of pyridine rings is 1. The van der Waals surface area contributed by atoms with Gasteiger partial charge in [-0.05, 0) is 23.6 Å². The minimum Gasteiger partial charge on any atom is -0.494 e. The van der Waals surface area contributed by atoms with E-state index in [9.17, 15) is 22.8 Å². The van der Waals surface area contributed by atoms with Gasteiger partial charge in [-0.1, -0.05) is 34.8 Å². The van der Waals surface area contributed by atoms with Crippen LogP contribution in [-0.2, 0) is 11.3 Å². The summed E-state index contributed by atoms with van der Waals surface area (Å²) in [7, 11) is 3.19. The summed E-state index contributed by atoms with van der Waals surface area (Å²) in [4.78, 5) is 45.3. The number of halogens is 6. The van der Waals surface area contributed by atoms with Gasteiger partial charge in [-0.25, -0.2) is 14.8 Å². The molecule has 4 rings (SSSR count). The summed E-state index contributed by atoms with van der Waals surface area (Å²) >= 11 is 19.8. The van der Waals surface area contributed by atoms with Gasteiger partial charge in [0.2, 0.25) is 0 Å². The number of amides is 2. The summed E-state index contributed by atoms with van der Waals surface area (Å²) in [6, 6.07) is 6.45. The first-order valence-corrected chi connectivity index (χ1v) is 13.5. The van der Waals surface area contributed by atoms with E-state index >= 15 is 0 Å². The second-order valence-electron chi connectivity index (χ2n) is 8.18. The number of carboxylic acid groups (broad SMARTS) is 1. The van der Waals surface area contributed by atoms with Crippen LogP contribution in [0.15, 0.2) is 52.7 Å². The van der Waals surface area contributed by atoms with Gasteiger partial charge in [-0.3, -0.25) is 9.59 Å². The van der Waals surface area contributed by atoms with E-state index in [1.807, 2.05) is 0 Å². The van der Waals surface area contributed by atoms with Crippen LogP contribution in [0.3, 0.4) is 0 Å². The monoisotopic (exact) mass is 679 g/mol. The predicted octanol–water partition coefficient (Wildman–Crippen LogP) is 6.87. The van der Waals surface area contributed by atoms with Crippen LogP contribution in [0.2, 0.25) is 15.1 Å². The quantitative estimate of drug-likeness (QED) is 0.181. The van der Waals surface area contributed by atoms with E-state index in [-0.39, 0.29) is 37.7 Å². The normalized spacial score (nSPS) is 10.8. The number of hydrogen-bond acceptors (Lipinski definition) is 9. The number of carboxylic acids is 1. The molecule has 11 nitrogen and oxygen atoms in total. The number of carbonyl (C=O) groups excluding carboxylic acids is 2. The molecule has 0 aliphatic rings. The highest BCUT2D eigenvalue weighted by atomic mass is 35.5. The number of hydrogen-bond donors (Lipinski definition) is 3. The zero-order chi connectivity index (χ0) is 31.9. The fourth-order valence-corrected chi connectivity index (χ4v) is 4.78. The topological polar surface area (TPSA) is 147 Å². The first kappa shape index (κ1) is 33.5. The summed E-state index contributed by atoms with van der Waals surface area (Å²) in [5, 5.41) is 15.2. The van der Waals surface area contributed by atoms with E-state index in [0.29, 0.717) is 23.1 Å². The molecular formula is C25H19Cl3F3N5O6S. The lowest BCUT2D eigenvalue weighted by Gasteiger charge is -2.16. The molecule has 18 heteroatoms. The molecule has 0 bridgehead atoms. The highest BCUT2D eigenvalue weighted by Crippen LogP contribution is 2.35. The van der Waals surface area contributed by atoms with Gasteiger partial charge in [-0.15, -0.1) is 11.3 Å². The third-order valence-corrected chi connectivity index (χ3v) is 7.15. The van der Waals surface area contributed by atoms with Gasteiger partial charge in [0.1, 0.15) is 22.7 Å². The fourth-order valence-electron chi connectivity index (χ4n) is 3.22. The van der Waals surface area contributed by atoms with Crippen LogP contribution in [0.1, 0.15) is 25.6 Å². The largest absolute Gasteiger partial charge is 0.494 e. The maximum Gasteiger partial charge on any atom is 0.490 e. The predicted molar refractivity (Wildman–Crippen MR) is 155 cm³/mol. The molecule has 0 saturated carbocycles. The van der Waals surface area contributed by atoms with Crippen molar-refractivity contribution in [2.45, 2.75) is 12.7 Å². The highest BCUT2D eigenvalue weighted by Gasteiger charge is 2.38. The fraction of sp³-hybridized carbons (Fsp3) is 0.160. The van der Waals surface area contributed by atoms with E-state index in [0.717, 1.165) is 0 Å². The lowest BCUT2D eigenvalue weighted by Crippen LogP contribution is -2.21. The Balaban J connectivity index is 0.000000646. The van der Waals surface area contributed by atoms with Gasteiger partial charge in [0.25, 0.3) is 17.8 Å².